The van der Waals surface area contributed by atoms with E-state index in [4.69, 9.17) is 0 Å². The molecule has 3 rings (SSSR count). The summed E-state index contributed by atoms with van der Waals surface area (Å²) in [5, 5.41) is 13.8. The second-order valence-corrected chi connectivity index (χ2v) is 5.05. The lowest BCUT2D eigenvalue weighted by atomic mass is 10.2. The molecular formula is C15H15FN4O. The summed E-state index contributed by atoms with van der Waals surface area (Å²) in [7, 11) is 0. The van der Waals surface area contributed by atoms with E-state index in [2.05, 4.69) is 20.8 Å². The minimum atomic E-state index is -0.255. The van der Waals surface area contributed by atoms with Crippen LogP contribution in [-0.2, 0) is 11.3 Å². The Morgan fingerprint density at radius 3 is 2.38 bits per heavy atom. The van der Waals surface area contributed by atoms with Crippen molar-refractivity contribution in [3.8, 4) is 0 Å². The van der Waals surface area contributed by atoms with Gasteiger partial charge in [-0.3, -0.25) is 4.79 Å². The van der Waals surface area contributed by atoms with E-state index in [1.807, 2.05) is 0 Å². The molecule has 2 aromatic rings. The average Bonchev–Trinajstić information content (AvgIpc) is 3.33. The molecule has 0 unspecified atom stereocenters. The second-order valence-electron chi connectivity index (χ2n) is 5.05. The third-order valence-electron chi connectivity index (χ3n) is 3.25. The summed E-state index contributed by atoms with van der Waals surface area (Å²) in [5.41, 5.74) is 0.948. The molecule has 1 fully saturated rings. The van der Waals surface area contributed by atoms with Gasteiger partial charge in [0, 0.05) is 12.5 Å². The van der Waals surface area contributed by atoms with Gasteiger partial charge in [0.1, 0.15) is 11.6 Å². The number of amides is 1. The van der Waals surface area contributed by atoms with Gasteiger partial charge >= 0.3 is 0 Å². The molecule has 0 spiro atoms. The number of carbonyl (C=O) groups excluding carboxylic acids is 1. The van der Waals surface area contributed by atoms with Crippen molar-refractivity contribution < 1.29 is 9.18 Å². The number of nitrogens with one attached hydrogen (secondary N) is 2. The highest BCUT2D eigenvalue weighted by Gasteiger charge is 2.29. The van der Waals surface area contributed by atoms with Gasteiger partial charge in [-0.1, -0.05) is 12.1 Å². The molecule has 1 heterocycles. The molecule has 0 atom stereocenters. The SMILES string of the molecule is O=C(Nc1ccc(NCc2ccc(F)cc2)nn1)C1CC1. The Balaban J connectivity index is 1.54. The predicted molar refractivity (Wildman–Crippen MR) is 77.1 cm³/mol. The fourth-order valence-corrected chi connectivity index (χ4v) is 1.86. The number of benzene rings is 1. The highest BCUT2D eigenvalue weighted by Crippen LogP contribution is 2.29. The van der Waals surface area contributed by atoms with E-state index < -0.39 is 0 Å². The first-order chi connectivity index (χ1) is 10.2. The number of carbonyl (C=O) groups is 1. The zero-order valence-corrected chi connectivity index (χ0v) is 11.3. The van der Waals surface area contributed by atoms with Crippen LogP contribution in [0, 0.1) is 11.7 Å². The van der Waals surface area contributed by atoms with Gasteiger partial charge < -0.3 is 10.6 Å². The van der Waals surface area contributed by atoms with Crippen LogP contribution in [0.4, 0.5) is 16.0 Å². The van der Waals surface area contributed by atoms with Crippen molar-refractivity contribution in [1.29, 1.82) is 0 Å². The largest absolute Gasteiger partial charge is 0.365 e. The predicted octanol–water partition coefficient (Wildman–Crippen LogP) is 2.58. The van der Waals surface area contributed by atoms with Crippen LogP contribution in [0.15, 0.2) is 36.4 Å². The lowest BCUT2D eigenvalue weighted by Crippen LogP contribution is -2.15. The zero-order chi connectivity index (χ0) is 14.7. The minimum Gasteiger partial charge on any atom is -0.365 e. The van der Waals surface area contributed by atoms with E-state index in [9.17, 15) is 9.18 Å². The van der Waals surface area contributed by atoms with Gasteiger partial charge in [-0.05, 0) is 42.7 Å². The van der Waals surface area contributed by atoms with Gasteiger partial charge in [-0.15, -0.1) is 10.2 Å². The van der Waals surface area contributed by atoms with E-state index in [0.29, 0.717) is 18.2 Å². The summed E-state index contributed by atoms with van der Waals surface area (Å²) in [6, 6.07) is 9.71. The van der Waals surface area contributed by atoms with Crippen LogP contribution >= 0.6 is 0 Å². The molecule has 0 radical (unpaired) electrons. The van der Waals surface area contributed by atoms with Crippen molar-refractivity contribution in [2.45, 2.75) is 19.4 Å². The molecule has 0 saturated heterocycles. The fourth-order valence-electron chi connectivity index (χ4n) is 1.86. The third kappa shape index (κ3) is 3.75. The van der Waals surface area contributed by atoms with E-state index in [1.165, 1.54) is 12.1 Å². The number of nitrogens with zero attached hydrogens (tertiary/aromatic N) is 2. The first kappa shape index (κ1) is 13.5. The zero-order valence-electron chi connectivity index (χ0n) is 11.3. The normalized spacial score (nSPS) is 13.8. The molecule has 1 aliphatic carbocycles. The van der Waals surface area contributed by atoms with Crippen molar-refractivity contribution in [2.24, 2.45) is 5.92 Å². The third-order valence-corrected chi connectivity index (χ3v) is 3.25. The highest BCUT2D eigenvalue weighted by atomic mass is 19.1. The summed E-state index contributed by atoms with van der Waals surface area (Å²) < 4.78 is 12.8. The van der Waals surface area contributed by atoms with Crippen LogP contribution in [0.2, 0.25) is 0 Å². The summed E-state index contributed by atoms with van der Waals surface area (Å²) >= 11 is 0. The maximum absolute atomic E-state index is 12.8. The number of aromatic nitrogens is 2. The van der Waals surface area contributed by atoms with Crippen LogP contribution in [-0.4, -0.2) is 16.1 Å². The van der Waals surface area contributed by atoms with Gasteiger partial charge in [0.2, 0.25) is 5.91 Å². The Morgan fingerprint density at radius 1 is 1.10 bits per heavy atom. The van der Waals surface area contributed by atoms with Gasteiger partial charge in [-0.25, -0.2) is 4.39 Å². The van der Waals surface area contributed by atoms with Gasteiger partial charge in [0.05, 0.1) is 0 Å². The number of rotatable bonds is 5. The molecule has 1 aromatic carbocycles. The lowest BCUT2D eigenvalue weighted by Gasteiger charge is -2.06. The highest BCUT2D eigenvalue weighted by molar-refractivity contribution is 5.93. The molecule has 0 aliphatic heterocycles. The van der Waals surface area contributed by atoms with E-state index >= 15 is 0 Å². The minimum absolute atomic E-state index is 0.0105. The first-order valence-electron chi connectivity index (χ1n) is 6.83. The molecular weight excluding hydrogens is 271 g/mol. The summed E-state index contributed by atoms with van der Waals surface area (Å²) in [6.07, 6.45) is 1.91. The van der Waals surface area contributed by atoms with Crippen molar-refractivity contribution in [3.63, 3.8) is 0 Å². The Morgan fingerprint density at radius 2 is 1.76 bits per heavy atom. The first-order valence-corrected chi connectivity index (χ1v) is 6.83. The van der Waals surface area contributed by atoms with Gasteiger partial charge in [-0.2, -0.15) is 0 Å². The van der Waals surface area contributed by atoms with Gasteiger partial charge in [0.15, 0.2) is 5.82 Å². The average molecular weight is 286 g/mol. The summed E-state index contributed by atoms with van der Waals surface area (Å²) in [4.78, 5) is 11.6. The Kier molecular flexibility index (Phi) is 3.77. The van der Waals surface area contributed by atoms with Crippen LogP contribution in [0.5, 0.6) is 0 Å². The topological polar surface area (TPSA) is 66.9 Å². The molecule has 0 bridgehead atoms. The summed E-state index contributed by atoms with van der Waals surface area (Å²) in [6.45, 7) is 0.530. The number of hydrogen-bond donors (Lipinski definition) is 2. The molecule has 1 amide bonds. The molecule has 1 aromatic heterocycles. The molecule has 108 valence electrons. The van der Waals surface area contributed by atoms with Crippen LogP contribution < -0.4 is 10.6 Å². The molecule has 5 nitrogen and oxygen atoms in total. The Hall–Kier alpha value is -2.50. The molecule has 21 heavy (non-hydrogen) atoms. The van der Waals surface area contributed by atoms with Crippen molar-refractivity contribution >= 4 is 17.5 Å². The van der Waals surface area contributed by atoms with Crippen LogP contribution in [0.3, 0.4) is 0 Å². The van der Waals surface area contributed by atoms with Crippen molar-refractivity contribution in [3.05, 3.63) is 47.8 Å². The van der Waals surface area contributed by atoms with E-state index in [-0.39, 0.29) is 17.6 Å². The second kappa shape index (κ2) is 5.87. The van der Waals surface area contributed by atoms with Crippen molar-refractivity contribution in [2.75, 3.05) is 10.6 Å². The summed E-state index contributed by atoms with van der Waals surface area (Å²) in [5.74, 6) is 0.955. The number of hydrogen-bond acceptors (Lipinski definition) is 4. The van der Waals surface area contributed by atoms with Crippen LogP contribution in [0.1, 0.15) is 18.4 Å². The maximum Gasteiger partial charge on any atom is 0.228 e. The quantitative estimate of drug-likeness (QED) is 0.886. The smallest absolute Gasteiger partial charge is 0.228 e. The van der Waals surface area contributed by atoms with E-state index in [0.717, 1.165) is 18.4 Å². The number of halogens is 1. The number of anilines is 2. The fraction of sp³-hybridized carbons (Fsp3) is 0.267. The Bertz CT molecular complexity index is 623. The van der Waals surface area contributed by atoms with Crippen LogP contribution in [0.25, 0.3) is 0 Å². The molecule has 2 N–H and O–H groups in total. The standard InChI is InChI=1S/C15H15FN4O/c16-12-5-1-10(2-6-12)9-17-13-7-8-14(20-19-13)18-15(21)11-3-4-11/h1-2,5-8,11H,3-4,9H2,(H,17,19)(H,18,20,21). The Labute approximate surface area is 121 Å². The maximum atomic E-state index is 12.8. The van der Waals surface area contributed by atoms with Gasteiger partial charge in [0.25, 0.3) is 0 Å². The van der Waals surface area contributed by atoms with E-state index in [1.54, 1.807) is 24.3 Å². The molecule has 6 heteroatoms. The molecule has 1 aliphatic rings. The van der Waals surface area contributed by atoms with Crippen molar-refractivity contribution in [1.82, 2.24) is 10.2 Å². The lowest BCUT2D eigenvalue weighted by molar-refractivity contribution is -0.117. The monoisotopic (exact) mass is 286 g/mol. The molecule has 1 saturated carbocycles.